The number of rotatable bonds is 6. The lowest BCUT2D eigenvalue weighted by molar-refractivity contribution is -0.136. The average molecular weight is 228 g/mol. The van der Waals surface area contributed by atoms with Crippen LogP contribution >= 0.6 is 0 Å². The maximum atomic E-state index is 11.1. The van der Waals surface area contributed by atoms with Gasteiger partial charge in [0.2, 0.25) is 5.91 Å². The minimum atomic E-state index is -0.376. The number of esters is 1. The van der Waals surface area contributed by atoms with E-state index in [-0.39, 0.29) is 23.8 Å². The molecule has 0 heterocycles. The maximum Gasteiger partial charge on any atom is 0.333 e. The molecule has 0 aliphatic heterocycles. The first-order chi connectivity index (χ1) is 7.28. The van der Waals surface area contributed by atoms with Crippen molar-refractivity contribution in [3.63, 3.8) is 0 Å². The molecule has 0 fully saturated rings. The second-order valence-electron chi connectivity index (χ2n) is 4.29. The predicted octanol–water partition coefficient (Wildman–Crippen LogP) is 0.349. The highest BCUT2D eigenvalue weighted by Gasteiger charge is 2.18. The van der Waals surface area contributed by atoms with Crippen molar-refractivity contribution in [2.45, 2.75) is 32.7 Å². The normalized spacial score (nSPS) is 12.4. The summed E-state index contributed by atoms with van der Waals surface area (Å²) in [7, 11) is 1.34. The third-order valence-corrected chi connectivity index (χ3v) is 2.11. The highest BCUT2D eigenvalue weighted by atomic mass is 16.5. The molecule has 0 bridgehead atoms. The van der Waals surface area contributed by atoms with Gasteiger partial charge in [-0.1, -0.05) is 6.08 Å². The quantitative estimate of drug-likeness (QED) is 0.507. The summed E-state index contributed by atoms with van der Waals surface area (Å²) in [4.78, 5) is 21.8. The molecule has 0 aromatic rings. The van der Waals surface area contributed by atoms with Crippen molar-refractivity contribution in [2.75, 3.05) is 13.7 Å². The van der Waals surface area contributed by atoms with Gasteiger partial charge in [-0.15, -0.1) is 0 Å². The second-order valence-corrected chi connectivity index (χ2v) is 4.29. The molecule has 0 rings (SSSR count). The Morgan fingerprint density at radius 2 is 2.00 bits per heavy atom. The topological polar surface area (TPSA) is 81.4 Å². The van der Waals surface area contributed by atoms with E-state index in [9.17, 15) is 9.59 Å². The van der Waals surface area contributed by atoms with Crippen LogP contribution in [0.4, 0.5) is 0 Å². The van der Waals surface area contributed by atoms with Gasteiger partial charge in [-0.2, -0.15) is 0 Å². The molecular weight excluding hydrogens is 208 g/mol. The number of ether oxygens (including phenoxy) is 1. The number of hydrogen-bond acceptors (Lipinski definition) is 4. The fraction of sp³-hybridized carbons (Fsp3) is 0.636. The molecule has 0 radical (unpaired) electrons. The molecule has 0 saturated carbocycles. The van der Waals surface area contributed by atoms with E-state index in [1.807, 2.05) is 13.8 Å². The van der Waals surface area contributed by atoms with Crippen molar-refractivity contribution >= 4 is 11.9 Å². The monoisotopic (exact) mass is 228 g/mol. The van der Waals surface area contributed by atoms with Crippen molar-refractivity contribution in [1.82, 2.24) is 5.32 Å². The van der Waals surface area contributed by atoms with Gasteiger partial charge >= 0.3 is 5.97 Å². The zero-order chi connectivity index (χ0) is 12.8. The Bertz CT molecular complexity index is 296. The Hall–Kier alpha value is -1.36. The summed E-state index contributed by atoms with van der Waals surface area (Å²) in [6, 6.07) is 0. The molecule has 5 heteroatoms. The standard InChI is InChI=1S/C11H20N2O3/c1-8(10(15)16-4)5-6-13-11(2,3)7-9(12)14/h5,13H,6-7H2,1-4H3,(H2,12,14). The summed E-state index contributed by atoms with van der Waals surface area (Å²) >= 11 is 0. The van der Waals surface area contributed by atoms with E-state index in [0.29, 0.717) is 12.1 Å². The number of carbonyl (C=O) groups excluding carboxylic acids is 2. The van der Waals surface area contributed by atoms with Gasteiger partial charge in [0.1, 0.15) is 0 Å². The first kappa shape index (κ1) is 14.6. The molecule has 0 aromatic heterocycles. The van der Waals surface area contributed by atoms with Gasteiger partial charge in [0, 0.05) is 24.1 Å². The average Bonchev–Trinajstić information content (AvgIpc) is 2.13. The molecule has 0 unspecified atom stereocenters. The van der Waals surface area contributed by atoms with Crippen LogP contribution in [-0.4, -0.2) is 31.1 Å². The largest absolute Gasteiger partial charge is 0.466 e. The van der Waals surface area contributed by atoms with Crippen LogP contribution in [0.2, 0.25) is 0 Å². The smallest absolute Gasteiger partial charge is 0.333 e. The van der Waals surface area contributed by atoms with Crippen LogP contribution in [0.3, 0.4) is 0 Å². The Labute approximate surface area is 96.0 Å². The number of nitrogens with two attached hydrogens (primary N) is 1. The minimum Gasteiger partial charge on any atom is -0.466 e. The van der Waals surface area contributed by atoms with Gasteiger partial charge in [0.15, 0.2) is 0 Å². The fourth-order valence-electron chi connectivity index (χ4n) is 1.22. The zero-order valence-corrected chi connectivity index (χ0v) is 10.3. The summed E-state index contributed by atoms with van der Waals surface area (Å²) in [5, 5.41) is 3.12. The lowest BCUT2D eigenvalue weighted by Gasteiger charge is -2.24. The van der Waals surface area contributed by atoms with E-state index in [0.717, 1.165) is 0 Å². The molecule has 92 valence electrons. The van der Waals surface area contributed by atoms with Crippen LogP contribution in [0.15, 0.2) is 11.6 Å². The Balaban J connectivity index is 4.15. The van der Waals surface area contributed by atoms with Crippen LogP contribution in [-0.2, 0) is 14.3 Å². The first-order valence-electron chi connectivity index (χ1n) is 5.07. The lowest BCUT2D eigenvalue weighted by Crippen LogP contribution is -2.42. The molecular formula is C11H20N2O3. The second kappa shape index (κ2) is 6.27. The van der Waals surface area contributed by atoms with E-state index in [1.165, 1.54) is 7.11 Å². The van der Waals surface area contributed by atoms with E-state index in [2.05, 4.69) is 10.1 Å². The highest BCUT2D eigenvalue weighted by molar-refractivity contribution is 5.87. The summed E-state index contributed by atoms with van der Waals surface area (Å²) in [5.41, 5.74) is 5.27. The van der Waals surface area contributed by atoms with Crippen molar-refractivity contribution < 1.29 is 14.3 Å². The molecule has 0 spiro atoms. The van der Waals surface area contributed by atoms with Crippen LogP contribution in [0.1, 0.15) is 27.2 Å². The van der Waals surface area contributed by atoms with Gasteiger partial charge in [0.05, 0.1) is 7.11 Å². The molecule has 1 amide bonds. The molecule has 5 nitrogen and oxygen atoms in total. The molecule has 16 heavy (non-hydrogen) atoms. The maximum absolute atomic E-state index is 11.1. The van der Waals surface area contributed by atoms with Crippen LogP contribution in [0.25, 0.3) is 0 Å². The van der Waals surface area contributed by atoms with Crippen LogP contribution in [0.5, 0.6) is 0 Å². The number of primary amides is 1. The van der Waals surface area contributed by atoms with E-state index in [1.54, 1.807) is 13.0 Å². The van der Waals surface area contributed by atoms with Crippen LogP contribution in [0, 0.1) is 0 Å². The van der Waals surface area contributed by atoms with Gasteiger partial charge in [-0.25, -0.2) is 4.79 Å². The van der Waals surface area contributed by atoms with Crippen molar-refractivity contribution in [1.29, 1.82) is 0 Å². The first-order valence-corrected chi connectivity index (χ1v) is 5.07. The highest BCUT2D eigenvalue weighted by Crippen LogP contribution is 2.07. The van der Waals surface area contributed by atoms with E-state index in [4.69, 9.17) is 5.73 Å². The number of hydrogen-bond donors (Lipinski definition) is 2. The zero-order valence-electron chi connectivity index (χ0n) is 10.3. The van der Waals surface area contributed by atoms with Crippen molar-refractivity contribution in [3.8, 4) is 0 Å². The van der Waals surface area contributed by atoms with Gasteiger partial charge in [-0.05, 0) is 20.8 Å². The Morgan fingerprint density at radius 3 is 2.44 bits per heavy atom. The summed E-state index contributed by atoms with van der Waals surface area (Å²) in [6.45, 7) is 5.91. The third-order valence-electron chi connectivity index (χ3n) is 2.11. The SMILES string of the molecule is COC(=O)C(C)=CCNC(C)(C)CC(N)=O. The van der Waals surface area contributed by atoms with E-state index < -0.39 is 0 Å². The number of nitrogens with one attached hydrogen (secondary N) is 1. The minimum absolute atomic E-state index is 0.248. The van der Waals surface area contributed by atoms with Crippen molar-refractivity contribution in [3.05, 3.63) is 11.6 Å². The molecule has 3 N–H and O–H groups in total. The summed E-state index contributed by atoms with van der Waals surface area (Å²) in [5.74, 6) is -0.708. The molecule has 0 aliphatic carbocycles. The Morgan fingerprint density at radius 1 is 1.44 bits per heavy atom. The lowest BCUT2D eigenvalue weighted by atomic mass is 10.0. The summed E-state index contributed by atoms with van der Waals surface area (Å²) < 4.78 is 4.55. The summed E-state index contributed by atoms with van der Waals surface area (Å²) in [6.07, 6.45) is 1.96. The van der Waals surface area contributed by atoms with Crippen molar-refractivity contribution in [2.24, 2.45) is 5.73 Å². The molecule has 0 aliphatic rings. The molecule has 0 saturated heterocycles. The molecule has 0 atom stereocenters. The van der Waals surface area contributed by atoms with Gasteiger partial charge in [0.25, 0.3) is 0 Å². The fourth-order valence-corrected chi connectivity index (χ4v) is 1.22. The number of amides is 1. The predicted molar refractivity (Wildman–Crippen MR) is 61.7 cm³/mol. The third kappa shape index (κ3) is 6.19. The van der Waals surface area contributed by atoms with E-state index >= 15 is 0 Å². The number of carbonyl (C=O) groups is 2. The number of methoxy groups -OCH3 is 1. The van der Waals surface area contributed by atoms with Gasteiger partial charge in [-0.3, -0.25) is 4.79 Å². The molecule has 0 aromatic carbocycles. The van der Waals surface area contributed by atoms with Gasteiger partial charge < -0.3 is 15.8 Å². The van der Waals surface area contributed by atoms with Crippen LogP contribution < -0.4 is 11.1 Å². The Kier molecular flexibility index (Phi) is 5.74.